The van der Waals surface area contributed by atoms with Gasteiger partial charge in [-0.25, -0.2) is 0 Å². The Labute approximate surface area is 119 Å². The number of halogens is 1. The van der Waals surface area contributed by atoms with E-state index in [2.05, 4.69) is 36.8 Å². The Bertz CT molecular complexity index is 405. The van der Waals surface area contributed by atoms with Crippen molar-refractivity contribution < 1.29 is 0 Å². The van der Waals surface area contributed by atoms with Crippen molar-refractivity contribution in [3.63, 3.8) is 0 Å². The van der Waals surface area contributed by atoms with E-state index in [0.717, 1.165) is 24.7 Å². The molecule has 1 aromatic heterocycles. The van der Waals surface area contributed by atoms with Crippen molar-refractivity contribution in [2.24, 2.45) is 5.73 Å². The zero-order chi connectivity index (χ0) is 13.3. The van der Waals surface area contributed by atoms with Gasteiger partial charge < -0.3 is 5.73 Å². The van der Waals surface area contributed by atoms with Crippen LogP contribution in [0.5, 0.6) is 0 Å². The van der Waals surface area contributed by atoms with Crippen molar-refractivity contribution in [3.8, 4) is 0 Å². The molecule has 0 amide bonds. The van der Waals surface area contributed by atoms with Crippen LogP contribution in [0.15, 0.2) is 11.4 Å². The first-order valence-electron chi connectivity index (χ1n) is 6.33. The lowest BCUT2D eigenvalue weighted by molar-refractivity contribution is 0.0188. The number of likely N-dealkylation sites (N-methyl/N-ethyl adjacent to an activating group) is 1. The summed E-state index contributed by atoms with van der Waals surface area (Å²) < 4.78 is 0. The summed E-state index contributed by atoms with van der Waals surface area (Å²) in [6.45, 7) is 8.42. The third-order valence-corrected chi connectivity index (χ3v) is 5.31. The Kier molecular flexibility index (Phi) is 4.34. The third-order valence-electron chi connectivity index (χ3n) is 3.93. The van der Waals surface area contributed by atoms with Gasteiger partial charge in [-0.3, -0.25) is 9.80 Å². The summed E-state index contributed by atoms with van der Waals surface area (Å²) in [5.74, 6) is 0. The topological polar surface area (TPSA) is 32.5 Å². The molecule has 0 aromatic carbocycles. The Balaban J connectivity index is 2.14. The van der Waals surface area contributed by atoms with E-state index < -0.39 is 0 Å². The van der Waals surface area contributed by atoms with Crippen LogP contribution in [0.25, 0.3) is 0 Å². The summed E-state index contributed by atoms with van der Waals surface area (Å²) in [6, 6.07) is 2.35. The number of thiophene rings is 1. The molecule has 0 saturated carbocycles. The lowest BCUT2D eigenvalue weighted by Crippen LogP contribution is -2.58. The molecule has 102 valence electrons. The van der Waals surface area contributed by atoms with Crippen LogP contribution in [0.1, 0.15) is 24.8 Å². The summed E-state index contributed by atoms with van der Waals surface area (Å²) >= 11 is 7.73. The monoisotopic (exact) mass is 287 g/mol. The molecule has 1 aliphatic rings. The second-order valence-corrected chi connectivity index (χ2v) is 7.00. The van der Waals surface area contributed by atoms with Crippen molar-refractivity contribution in [1.29, 1.82) is 0 Å². The minimum atomic E-state index is 0.201. The van der Waals surface area contributed by atoms with E-state index >= 15 is 0 Å². The number of rotatable bonds is 3. The van der Waals surface area contributed by atoms with Crippen LogP contribution in [0, 0.1) is 0 Å². The Hall–Kier alpha value is -0.130. The molecule has 2 heterocycles. The first-order chi connectivity index (χ1) is 8.44. The zero-order valence-electron chi connectivity index (χ0n) is 11.3. The van der Waals surface area contributed by atoms with E-state index in [0.29, 0.717) is 12.6 Å². The lowest BCUT2D eigenvalue weighted by Gasteiger charge is -2.47. The largest absolute Gasteiger partial charge is 0.329 e. The summed E-state index contributed by atoms with van der Waals surface area (Å²) in [7, 11) is 2.19. The molecule has 1 unspecified atom stereocenters. The molecule has 1 saturated heterocycles. The van der Waals surface area contributed by atoms with Crippen molar-refractivity contribution >= 4 is 22.9 Å². The van der Waals surface area contributed by atoms with Crippen LogP contribution in [-0.4, -0.2) is 48.6 Å². The summed E-state index contributed by atoms with van der Waals surface area (Å²) in [4.78, 5) is 6.18. The number of nitrogens with zero attached hydrogens (tertiary/aromatic N) is 2. The molecule has 0 spiro atoms. The van der Waals surface area contributed by atoms with Crippen molar-refractivity contribution in [1.82, 2.24) is 9.80 Å². The van der Waals surface area contributed by atoms with E-state index in [-0.39, 0.29) is 5.54 Å². The minimum absolute atomic E-state index is 0.201. The van der Waals surface area contributed by atoms with Crippen molar-refractivity contribution in [2.45, 2.75) is 25.4 Å². The maximum atomic E-state index is 6.02. The molecule has 1 atom stereocenters. The van der Waals surface area contributed by atoms with Crippen molar-refractivity contribution in [2.75, 3.05) is 33.2 Å². The quantitative estimate of drug-likeness (QED) is 0.927. The zero-order valence-corrected chi connectivity index (χ0v) is 12.9. The normalized spacial score (nSPS) is 23.2. The van der Waals surface area contributed by atoms with Crippen molar-refractivity contribution in [3.05, 3.63) is 21.3 Å². The van der Waals surface area contributed by atoms with Gasteiger partial charge in [-0.1, -0.05) is 11.6 Å². The first-order valence-corrected chi connectivity index (χ1v) is 7.59. The van der Waals surface area contributed by atoms with Gasteiger partial charge in [0, 0.05) is 42.0 Å². The van der Waals surface area contributed by atoms with Gasteiger partial charge in [0.25, 0.3) is 0 Å². The van der Waals surface area contributed by atoms with Crippen LogP contribution >= 0.6 is 22.9 Å². The molecule has 0 bridgehead atoms. The maximum Gasteiger partial charge on any atom is 0.0565 e. The lowest BCUT2D eigenvalue weighted by atomic mass is 9.98. The predicted octanol–water partition coefficient (Wildman–Crippen LogP) is 2.43. The molecule has 5 heteroatoms. The average molecular weight is 288 g/mol. The van der Waals surface area contributed by atoms with Gasteiger partial charge in [0.2, 0.25) is 0 Å². The van der Waals surface area contributed by atoms with E-state index in [9.17, 15) is 0 Å². The first kappa shape index (κ1) is 14.3. The standard InChI is InChI=1S/C13H22ClN3S/c1-13(2)9-17(5-4-16(13)3)11(7-15)12-6-10(14)8-18-12/h6,8,11H,4-5,7,9,15H2,1-3H3. The van der Waals surface area contributed by atoms with Crippen LogP contribution in [-0.2, 0) is 0 Å². The smallest absolute Gasteiger partial charge is 0.0565 e. The molecular formula is C13H22ClN3S. The summed E-state index contributed by atoms with van der Waals surface area (Å²) in [6.07, 6.45) is 0. The molecule has 0 aliphatic carbocycles. The Morgan fingerprint density at radius 2 is 2.22 bits per heavy atom. The predicted molar refractivity (Wildman–Crippen MR) is 79.4 cm³/mol. The number of hydrogen-bond donors (Lipinski definition) is 1. The molecule has 2 rings (SSSR count). The van der Waals surface area contributed by atoms with Gasteiger partial charge >= 0.3 is 0 Å². The second-order valence-electron chi connectivity index (χ2n) is 5.62. The van der Waals surface area contributed by atoms with Crippen LogP contribution in [0.2, 0.25) is 5.02 Å². The molecule has 0 radical (unpaired) electrons. The third kappa shape index (κ3) is 2.89. The Morgan fingerprint density at radius 1 is 1.50 bits per heavy atom. The number of nitrogens with two attached hydrogens (primary N) is 1. The molecule has 1 aromatic rings. The number of hydrogen-bond acceptors (Lipinski definition) is 4. The van der Waals surface area contributed by atoms with Gasteiger partial charge in [-0.2, -0.15) is 0 Å². The van der Waals surface area contributed by atoms with E-state index in [1.165, 1.54) is 4.88 Å². The average Bonchev–Trinajstić information content (AvgIpc) is 2.71. The highest BCUT2D eigenvalue weighted by Gasteiger charge is 2.34. The maximum absolute atomic E-state index is 6.02. The fraction of sp³-hybridized carbons (Fsp3) is 0.692. The summed E-state index contributed by atoms with van der Waals surface area (Å²) in [5.41, 5.74) is 6.18. The Morgan fingerprint density at radius 3 is 2.72 bits per heavy atom. The summed E-state index contributed by atoms with van der Waals surface area (Å²) in [5, 5.41) is 2.81. The number of piperazine rings is 1. The van der Waals surface area contributed by atoms with E-state index in [1.807, 2.05) is 5.38 Å². The molecule has 18 heavy (non-hydrogen) atoms. The molecular weight excluding hydrogens is 266 g/mol. The van der Waals surface area contributed by atoms with Crippen LogP contribution in [0.3, 0.4) is 0 Å². The second kappa shape index (κ2) is 5.47. The SMILES string of the molecule is CN1CCN(C(CN)c2cc(Cl)cs2)CC1(C)C. The molecule has 3 nitrogen and oxygen atoms in total. The molecule has 1 fully saturated rings. The highest BCUT2D eigenvalue weighted by Crippen LogP contribution is 2.31. The highest BCUT2D eigenvalue weighted by molar-refractivity contribution is 7.10. The van der Waals surface area contributed by atoms with Gasteiger partial charge in [0.05, 0.1) is 11.1 Å². The fourth-order valence-corrected chi connectivity index (χ4v) is 3.72. The fourth-order valence-electron chi connectivity index (χ4n) is 2.49. The van der Waals surface area contributed by atoms with Gasteiger partial charge in [0.1, 0.15) is 0 Å². The van der Waals surface area contributed by atoms with E-state index in [4.69, 9.17) is 17.3 Å². The van der Waals surface area contributed by atoms with Gasteiger partial charge in [0.15, 0.2) is 0 Å². The van der Waals surface area contributed by atoms with Crippen LogP contribution in [0.4, 0.5) is 0 Å². The van der Waals surface area contributed by atoms with Gasteiger partial charge in [-0.05, 0) is 27.0 Å². The van der Waals surface area contributed by atoms with Crippen LogP contribution < -0.4 is 5.73 Å². The molecule has 2 N–H and O–H groups in total. The highest BCUT2D eigenvalue weighted by atomic mass is 35.5. The molecule has 1 aliphatic heterocycles. The van der Waals surface area contributed by atoms with E-state index in [1.54, 1.807) is 11.3 Å². The van der Waals surface area contributed by atoms with Gasteiger partial charge in [-0.15, -0.1) is 11.3 Å². The minimum Gasteiger partial charge on any atom is -0.329 e.